The second-order valence-electron chi connectivity index (χ2n) is 8.90. The van der Waals surface area contributed by atoms with Crippen LogP contribution in [0, 0.1) is 0 Å². The lowest BCUT2D eigenvalue weighted by Crippen LogP contribution is -2.19. The number of sulfonamides is 1. The molecule has 1 aliphatic rings. The van der Waals surface area contributed by atoms with Gasteiger partial charge < -0.3 is 33.2 Å². The van der Waals surface area contributed by atoms with Crippen LogP contribution in [-0.2, 0) is 26.1 Å². The molecule has 2 aromatic carbocycles. The number of anilines is 2. The van der Waals surface area contributed by atoms with Gasteiger partial charge in [-0.15, -0.1) is 0 Å². The summed E-state index contributed by atoms with van der Waals surface area (Å²) in [6, 6.07) is 13.7. The van der Waals surface area contributed by atoms with E-state index in [2.05, 4.69) is 25.0 Å². The second kappa shape index (κ2) is 14.1. The Balaban J connectivity index is 1.44. The zero-order valence-electron chi connectivity index (χ0n) is 23.8. The first-order valence-electron chi connectivity index (χ1n) is 13.1. The van der Waals surface area contributed by atoms with Gasteiger partial charge in [-0.2, -0.15) is 4.98 Å². The lowest BCUT2D eigenvalue weighted by Gasteiger charge is -2.18. The third-order valence-electron chi connectivity index (χ3n) is 5.84. The van der Waals surface area contributed by atoms with Crippen molar-refractivity contribution in [1.29, 1.82) is 0 Å². The van der Waals surface area contributed by atoms with Crippen molar-refractivity contribution in [3.63, 3.8) is 0 Å². The molecule has 0 unspecified atom stereocenters. The number of nitrogens with zero attached hydrogens (tertiary/aromatic N) is 3. The van der Waals surface area contributed by atoms with E-state index in [-0.39, 0.29) is 71.3 Å². The summed E-state index contributed by atoms with van der Waals surface area (Å²) in [6.07, 6.45) is 0.747. The first kappa shape index (κ1) is 31.4. The van der Waals surface area contributed by atoms with Crippen LogP contribution >= 0.6 is 11.6 Å². The molecule has 5 rings (SSSR count). The molecule has 45 heavy (non-hydrogen) atoms. The van der Waals surface area contributed by atoms with Gasteiger partial charge in [-0.1, -0.05) is 17.7 Å². The Morgan fingerprint density at radius 3 is 2.64 bits per heavy atom. The molecule has 2 aromatic heterocycles. The lowest BCUT2D eigenvalue weighted by atomic mass is 10.3. The van der Waals surface area contributed by atoms with Crippen LogP contribution < -0.4 is 33.7 Å². The SMILES string of the molecule is COCc1nc(NS(=O)(=O)c2ccc3c(c2)OCO3)c(Oc2cc(OC)ccc2Cl)c(OCCOC(=O)Nc2ccccn2)n1. The average Bonchev–Trinajstić information content (AvgIpc) is 3.50. The predicted octanol–water partition coefficient (Wildman–Crippen LogP) is 4.63. The second-order valence-corrected chi connectivity index (χ2v) is 11.0. The highest BCUT2D eigenvalue weighted by atomic mass is 35.5. The van der Waals surface area contributed by atoms with E-state index < -0.39 is 16.1 Å². The number of ether oxygens (including phenoxy) is 7. The molecule has 236 valence electrons. The van der Waals surface area contributed by atoms with E-state index >= 15 is 0 Å². The number of aromatic nitrogens is 3. The van der Waals surface area contributed by atoms with Gasteiger partial charge in [-0.05, 0) is 36.4 Å². The molecule has 0 fully saturated rings. The third-order valence-corrected chi connectivity index (χ3v) is 7.49. The minimum atomic E-state index is -4.28. The highest BCUT2D eigenvalue weighted by molar-refractivity contribution is 7.92. The Bertz CT molecular complexity index is 1780. The Labute approximate surface area is 262 Å². The molecule has 0 bridgehead atoms. The van der Waals surface area contributed by atoms with Gasteiger partial charge in [-0.3, -0.25) is 10.0 Å². The van der Waals surface area contributed by atoms with Crippen molar-refractivity contribution in [2.45, 2.75) is 11.5 Å². The topological polar surface area (TPSA) is 179 Å². The summed E-state index contributed by atoms with van der Waals surface area (Å²) in [4.78, 5) is 24.7. The molecular formula is C28H26ClN5O10S. The average molecular weight is 660 g/mol. The lowest BCUT2D eigenvalue weighted by molar-refractivity contribution is 0.134. The highest BCUT2D eigenvalue weighted by Gasteiger charge is 2.26. The zero-order valence-corrected chi connectivity index (χ0v) is 25.4. The molecule has 0 atom stereocenters. The fourth-order valence-electron chi connectivity index (χ4n) is 3.81. The molecular weight excluding hydrogens is 634 g/mol. The minimum absolute atomic E-state index is 0.0347. The number of nitrogens with one attached hydrogen (secondary N) is 2. The summed E-state index contributed by atoms with van der Waals surface area (Å²) in [5.74, 6) is 0.764. The number of benzene rings is 2. The molecule has 2 N–H and O–H groups in total. The maximum Gasteiger partial charge on any atom is 0.412 e. The number of rotatable bonds is 13. The molecule has 15 nitrogen and oxygen atoms in total. The van der Waals surface area contributed by atoms with Gasteiger partial charge in [0, 0.05) is 25.4 Å². The van der Waals surface area contributed by atoms with Gasteiger partial charge in [0.05, 0.1) is 17.0 Å². The number of hydrogen-bond donors (Lipinski definition) is 2. The van der Waals surface area contributed by atoms with E-state index in [1.807, 2.05) is 0 Å². The smallest absolute Gasteiger partial charge is 0.412 e. The standard InChI is InChI=1S/C28H26ClN5O10S/c1-38-15-24-31-26(34-45(36,37)18-7-9-20-22(14-18)43-16-42-20)25(44-21-13-17(39-2)6-8-19(21)29)27(32-24)40-11-12-41-28(35)33-23-5-3-4-10-30-23/h3-10,13-14H,11-12,15-16H2,1-2H3,(H,30,33,35)(H,31,32,34). The molecule has 4 aromatic rings. The van der Waals surface area contributed by atoms with E-state index in [0.29, 0.717) is 17.3 Å². The summed E-state index contributed by atoms with van der Waals surface area (Å²) in [6.45, 7) is -0.582. The van der Waals surface area contributed by atoms with Crippen molar-refractivity contribution in [2.24, 2.45) is 0 Å². The fourth-order valence-corrected chi connectivity index (χ4v) is 4.98. The largest absolute Gasteiger partial charge is 0.497 e. The molecule has 0 spiro atoms. The number of hydrogen-bond acceptors (Lipinski definition) is 13. The van der Waals surface area contributed by atoms with Gasteiger partial charge >= 0.3 is 6.09 Å². The van der Waals surface area contributed by atoms with Crippen molar-refractivity contribution in [1.82, 2.24) is 15.0 Å². The van der Waals surface area contributed by atoms with Crippen LogP contribution in [0.2, 0.25) is 5.02 Å². The van der Waals surface area contributed by atoms with Crippen molar-refractivity contribution in [3.8, 4) is 34.6 Å². The number of halogens is 1. The van der Waals surface area contributed by atoms with E-state index in [1.165, 1.54) is 50.7 Å². The third kappa shape index (κ3) is 7.91. The van der Waals surface area contributed by atoms with Gasteiger partial charge in [0.1, 0.15) is 37.1 Å². The minimum Gasteiger partial charge on any atom is -0.497 e. The van der Waals surface area contributed by atoms with Gasteiger partial charge in [-0.25, -0.2) is 23.2 Å². The molecule has 0 aliphatic carbocycles. The molecule has 3 heterocycles. The Hall–Kier alpha value is -5.06. The summed E-state index contributed by atoms with van der Waals surface area (Å²) in [7, 11) is -1.41. The van der Waals surface area contributed by atoms with Crippen LogP contribution in [0.5, 0.6) is 34.6 Å². The molecule has 1 aliphatic heterocycles. The van der Waals surface area contributed by atoms with E-state index in [9.17, 15) is 13.2 Å². The van der Waals surface area contributed by atoms with Crippen LogP contribution in [0.15, 0.2) is 65.7 Å². The summed E-state index contributed by atoms with van der Waals surface area (Å²) < 4.78 is 67.6. The number of fused-ring (bicyclic) bond motifs is 1. The monoisotopic (exact) mass is 659 g/mol. The van der Waals surface area contributed by atoms with Crippen molar-refractivity contribution in [3.05, 3.63) is 71.6 Å². The quantitative estimate of drug-likeness (QED) is 0.190. The fraction of sp³-hybridized carbons (Fsp3) is 0.214. The number of methoxy groups -OCH3 is 2. The first-order chi connectivity index (χ1) is 21.8. The first-order valence-corrected chi connectivity index (χ1v) is 14.9. The molecule has 1 amide bonds. The van der Waals surface area contributed by atoms with Gasteiger partial charge in [0.15, 0.2) is 23.1 Å². The summed E-state index contributed by atoms with van der Waals surface area (Å²) in [5.41, 5.74) is 0. The predicted molar refractivity (Wildman–Crippen MR) is 159 cm³/mol. The number of carbonyl (C=O) groups is 1. The number of carbonyl (C=O) groups excluding carboxylic acids is 1. The van der Waals surface area contributed by atoms with Crippen LogP contribution in [0.1, 0.15) is 5.82 Å². The normalized spacial score (nSPS) is 11.9. The Morgan fingerprint density at radius 1 is 1.02 bits per heavy atom. The Kier molecular flexibility index (Phi) is 9.86. The van der Waals surface area contributed by atoms with E-state index in [1.54, 1.807) is 24.3 Å². The maximum atomic E-state index is 13.5. The van der Waals surface area contributed by atoms with Gasteiger partial charge in [0.2, 0.25) is 12.5 Å². The van der Waals surface area contributed by atoms with Crippen LogP contribution in [0.25, 0.3) is 0 Å². The van der Waals surface area contributed by atoms with E-state index in [0.717, 1.165) is 0 Å². The maximum absolute atomic E-state index is 13.5. The molecule has 0 saturated carbocycles. The van der Waals surface area contributed by atoms with Crippen LogP contribution in [0.4, 0.5) is 16.4 Å². The molecule has 0 saturated heterocycles. The van der Waals surface area contributed by atoms with Crippen molar-refractivity contribution < 1.29 is 46.4 Å². The summed E-state index contributed by atoms with van der Waals surface area (Å²) in [5, 5.41) is 2.65. The van der Waals surface area contributed by atoms with E-state index in [4.69, 9.17) is 44.8 Å². The van der Waals surface area contributed by atoms with Crippen molar-refractivity contribution in [2.75, 3.05) is 44.3 Å². The van der Waals surface area contributed by atoms with Gasteiger partial charge in [0.25, 0.3) is 15.9 Å². The number of pyridine rings is 1. The molecule has 17 heteroatoms. The highest BCUT2D eigenvalue weighted by Crippen LogP contribution is 2.41. The molecule has 0 radical (unpaired) electrons. The Morgan fingerprint density at radius 2 is 1.87 bits per heavy atom. The van der Waals surface area contributed by atoms with Crippen molar-refractivity contribution >= 4 is 39.4 Å². The zero-order chi connectivity index (χ0) is 31.8. The van der Waals surface area contributed by atoms with Crippen LogP contribution in [0.3, 0.4) is 0 Å². The number of amides is 1. The van der Waals surface area contributed by atoms with Crippen LogP contribution in [-0.4, -0.2) is 63.7 Å². The summed E-state index contributed by atoms with van der Waals surface area (Å²) >= 11 is 6.38.